The number of carbonyl (C=O) groups excluding carboxylic acids is 1. The van der Waals surface area contributed by atoms with Gasteiger partial charge in [-0.1, -0.05) is 6.92 Å². The Bertz CT molecular complexity index is 302. The quantitative estimate of drug-likeness (QED) is 0.784. The van der Waals surface area contributed by atoms with Gasteiger partial charge in [-0.15, -0.1) is 0 Å². The fourth-order valence-corrected chi connectivity index (χ4v) is 3.46. The molecular formula is C15H26N2O. The molecule has 2 saturated carbocycles. The third-order valence-corrected chi connectivity index (χ3v) is 5.19. The maximum absolute atomic E-state index is 12.7. The van der Waals surface area contributed by atoms with Crippen LogP contribution < -0.4 is 10.6 Å². The highest BCUT2D eigenvalue weighted by Gasteiger charge is 2.45. The minimum absolute atomic E-state index is 0.125. The van der Waals surface area contributed by atoms with Crippen molar-refractivity contribution < 1.29 is 4.79 Å². The molecule has 0 radical (unpaired) electrons. The standard InChI is InChI=1S/C15H26N2O/c1-2-15(8-3-9-16-10-15)14(18)17-13(11-4-5-11)12-6-7-12/h11-13,16H,2-10H2,1H3,(H,17,18). The van der Waals surface area contributed by atoms with Crippen molar-refractivity contribution in [2.45, 2.75) is 57.9 Å². The average Bonchev–Trinajstić information content (AvgIpc) is 3.29. The van der Waals surface area contributed by atoms with E-state index in [-0.39, 0.29) is 5.41 Å². The molecule has 2 aliphatic carbocycles. The van der Waals surface area contributed by atoms with Crippen molar-refractivity contribution in [3.8, 4) is 0 Å². The monoisotopic (exact) mass is 250 g/mol. The van der Waals surface area contributed by atoms with Crippen LogP contribution in [0.5, 0.6) is 0 Å². The maximum atomic E-state index is 12.7. The van der Waals surface area contributed by atoms with Crippen LogP contribution in [0.15, 0.2) is 0 Å². The van der Waals surface area contributed by atoms with Crippen LogP contribution in [-0.4, -0.2) is 25.0 Å². The summed E-state index contributed by atoms with van der Waals surface area (Å²) in [5.74, 6) is 1.93. The SMILES string of the molecule is CCC1(C(=O)NC(C2CC2)C2CC2)CCCNC1. The third-order valence-electron chi connectivity index (χ3n) is 5.19. The van der Waals surface area contributed by atoms with Gasteiger partial charge in [0.05, 0.1) is 5.41 Å². The fraction of sp³-hybridized carbons (Fsp3) is 0.933. The first kappa shape index (κ1) is 12.5. The van der Waals surface area contributed by atoms with Crippen LogP contribution in [0.2, 0.25) is 0 Å². The molecule has 0 aromatic heterocycles. The smallest absolute Gasteiger partial charge is 0.227 e. The number of amides is 1. The predicted molar refractivity (Wildman–Crippen MR) is 72.2 cm³/mol. The highest BCUT2D eigenvalue weighted by molar-refractivity contribution is 5.83. The van der Waals surface area contributed by atoms with Crippen molar-refractivity contribution in [1.29, 1.82) is 0 Å². The Morgan fingerprint density at radius 1 is 1.33 bits per heavy atom. The molecule has 1 amide bonds. The molecule has 0 aromatic rings. The van der Waals surface area contributed by atoms with E-state index in [9.17, 15) is 4.79 Å². The van der Waals surface area contributed by atoms with Crippen molar-refractivity contribution in [3.05, 3.63) is 0 Å². The Balaban J connectivity index is 1.64. The molecule has 3 heteroatoms. The highest BCUT2D eigenvalue weighted by Crippen LogP contribution is 2.45. The second kappa shape index (κ2) is 4.84. The zero-order valence-corrected chi connectivity index (χ0v) is 11.5. The van der Waals surface area contributed by atoms with Gasteiger partial charge in [-0.2, -0.15) is 0 Å². The van der Waals surface area contributed by atoms with E-state index in [1.165, 1.54) is 25.7 Å². The molecule has 3 rings (SSSR count). The normalized spacial score (nSPS) is 32.6. The number of hydrogen-bond acceptors (Lipinski definition) is 2. The number of carbonyl (C=O) groups is 1. The molecule has 18 heavy (non-hydrogen) atoms. The van der Waals surface area contributed by atoms with Gasteiger partial charge in [0.15, 0.2) is 0 Å². The van der Waals surface area contributed by atoms with Crippen LogP contribution in [0.1, 0.15) is 51.9 Å². The number of hydrogen-bond donors (Lipinski definition) is 2. The summed E-state index contributed by atoms with van der Waals surface area (Å²) in [6.45, 7) is 4.11. The summed E-state index contributed by atoms with van der Waals surface area (Å²) in [6, 6.07) is 0.503. The Kier molecular flexibility index (Phi) is 3.35. The zero-order valence-electron chi connectivity index (χ0n) is 11.5. The first-order chi connectivity index (χ1) is 8.75. The van der Waals surface area contributed by atoms with Gasteiger partial charge >= 0.3 is 0 Å². The van der Waals surface area contributed by atoms with E-state index in [0.29, 0.717) is 11.9 Å². The van der Waals surface area contributed by atoms with Crippen LogP contribution in [0.4, 0.5) is 0 Å². The number of piperidine rings is 1. The van der Waals surface area contributed by atoms with Crippen LogP contribution in [0, 0.1) is 17.3 Å². The van der Waals surface area contributed by atoms with Crippen LogP contribution in [0.3, 0.4) is 0 Å². The molecule has 0 aromatic carbocycles. The lowest BCUT2D eigenvalue weighted by atomic mass is 9.77. The molecule has 102 valence electrons. The van der Waals surface area contributed by atoms with Gasteiger partial charge < -0.3 is 10.6 Å². The molecule has 0 bridgehead atoms. The van der Waals surface area contributed by atoms with Gasteiger partial charge in [-0.25, -0.2) is 0 Å². The van der Waals surface area contributed by atoms with Gasteiger partial charge in [-0.3, -0.25) is 4.79 Å². The molecule has 1 saturated heterocycles. The molecule has 3 aliphatic rings. The second-order valence-electron chi connectivity index (χ2n) is 6.59. The molecule has 1 aliphatic heterocycles. The predicted octanol–water partition coefficient (Wildman–Crippen LogP) is 2.07. The number of rotatable bonds is 5. The summed E-state index contributed by atoms with van der Waals surface area (Å²) in [7, 11) is 0. The first-order valence-corrected chi connectivity index (χ1v) is 7.77. The fourth-order valence-electron chi connectivity index (χ4n) is 3.46. The lowest BCUT2D eigenvalue weighted by Crippen LogP contribution is -2.53. The van der Waals surface area contributed by atoms with Crippen molar-refractivity contribution >= 4 is 5.91 Å². The van der Waals surface area contributed by atoms with E-state index < -0.39 is 0 Å². The molecule has 1 heterocycles. The van der Waals surface area contributed by atoms with Gasteiger partial charge in [0, 0.05) is 12.6 Å². The summed E-state index contributed by atoms with van der Waals surface area (Å²) in [5.41, 5.74) is -0.125. The molecular weight excluding hydrogens is 224 g/mol. The minimum Gasteiger partial charge on any atom is -0.352 e. The summed E-state index contributed by atoms with van der Waals surface area (Å²) in [5, 5.41) is 6.83. The molecule has 0 spiro atoms. The Hall–Kier alpha value is -0.570. The molecule has 3 nitrogen and oxygen atoms in total. The van der Waals surface area contributed by atoms with E-state index in [1.54, 1.807) is 0 Å². The van der Waals surface area contributed by atoms with E-state index in [0.717, 1.165) is 44.2 Å². The van der Waals surface area contributed by atoms with Crippen molar-refractivity contribution in [2.24, 2.45) is 17.3 Å². The maximum Gasteiger partial charge on any atom is 0.227 e. The summed E-state index contributed by atoms with van der Waals surface area (Å²) in [6.07, 6.45) is 8.49. The lowest BCUT2D eigenvalue weighted by Gasteiger charge is -2.37. The van der Waals surface area contributed by atoms with Crippen molar-refractivity contribution in [3.63, 3.8) is 0 Å². The summed E-state index contributed by atoms with van der Waals surface area (Å²) in [4.78, 5) is 12.7. The summed E-state index contributed by atoms with van der Waals surface area (Å²) >= 11 is 0. The van der Waals surface area contributed by atoms with E-state index in [4.69, 9.17) is 0 Å². The summed E-state index contributed by atoms with van der Waals surface area (Å²) < 4.78 is 0. The minimum atomic E-state index is -0.125. The number of nitrogens with one attached hydrogen (secondary N) is 2. The van der Waals surface area contributed by atoms with Crippen molar-refractivity contribution in [2.75, 3.05) is 13.1 Å². The van der Waals surface area contributed by atoms with Crippen molar-refractivity contribution in [1.82, 2.24) is 10.6 Å². The Labute approximate surface area is 110 Å². The molecule has 1 unspecified atom stereocenters. The van der Waals surface area contributed by atoms with Crippen LogP contribution in [-0.2, 0) is 4.79 Å². The lowest BCUT2D eigenvalue weighted by molar-refractivity contribution is -0.133. The first-order valence-electron chi connectivity index (χ1n) is 7.77. The average molecular weight is 250 g/mol. The van der Waals surface area contributed by atoms with Crippen LogP contribution in [0.25, 0.3) is 0 Å². The van der Waals surface area contributed by atoms with Gasteiger partial charge in [0.2, 0.25) is 5.91 Å². The molecule has 3 fully saturated rings. The highest BCUT2D eigenvalue weighted by atomic mass is 16.2. The zero-order chi connectivity index (χ0) is 12.6. The van der Waals surface area contributed by atoms with Crippen LogP contribution >= 0.6 is 0 Å². The van der Waals surface area contributed by atoms with E-state index in [2.05, 4.69) is 17.6 Å². The van der Waals surface area contributed by atoms with Gasteiger partial charge in [0.1, 0.15) is 0 Å². The van der Waals surface area contributed by atoms with E-state index in [1.807, 2.05) is 0 Å². The van der Waals surface area contributed by atoms with Gasteiger partial charge in [0.25, 0.3) is 0 Å². The topological polar surface area (TPSA) is 41.1 Å². The second-order valence-corrected chi connectivity index (χ2v) is 6.59. The Morgan fingerprint density at radius 2 is 2.00 bits per heavy atom. The Morgan fingerprint density at radius 3 is 2.44 bits per heavy atom. The molecule has 1 atom stereocenters. The van der Waals surface area contributed by atoms with Gasteiger partial charge in [-0.05, 0) is 63.3 Å². The van der Waals surface area contributed by atoms with E-state index >= 15 is 0 Å². The third kappa shape index (κ3) is 2.42. The largest absolute Gasteiger partial charge is 0.352 e. The molecule has 2 N–H and O–H groups in total.